The van der Waals surface area contributed by atoms with Crippen LogP contribution in [-0.2, 0) is 0 Å². The molecule has 15 aromatic rings. The minimum atomic E-state index is 0.708. The fourth-order valence-corrected chi connectivity index (χ4v) is 11.5. The van der Waals surface area contributed by atoms with Crippen molar-refractivity contribution in [1.82, 2.24) is 29.1 Å². The SMILES string of the molecule is c1ccc(-c2cc(-c3ccc(-c4ccc(-n5c6ccccc6c6c7c8ccccc8n(-c8ccc(-c9ccc(-c%10cc(-c%11ccccc%11)nc(-c%11ccccc%11)n%10)cc9)cc8)c7ccc65)cc4)cc3)nc(-c3ccccc3)n2)cc1. The third-order valence-electron chi connectivity index (χ3n) is 15.4. The van der Waals surface area contributed by atoms with E-state index in [1.807, 2.05) is 72.8 Å². The standard InChI is InChI=1S/C74H48N6/c1-5-17-53(18-6-1)63-47-65(77-73(75-63)57-21-9-3-10-22-57)55-33-29-49(30-34-55)51-37-41-59(42-38-51)79-67-27-15-13-25-61(67)71-69(79)45-46-70-72(71)62-26-14-16-28-68(62)80(70)60-43-39-52(40-44-60)50-31-35-56(36-32-50)66-48-64(54-19-7-2-8-20-54)76-74(78-66)58-23-11-4-12-24-58/h1-48H. The second-order valence-electron chi connectivity index (χ2n) is 20.2. The number of nitrogens with zero attached hydrogens (tertiary/aromatic N) is 6. The van der Waals surface area contributed by atoms with Crippen LogP contribution in [0.3, 0.4) is 0 Å². The molecule has 0 N–H and O–H groups in total. The molecule has 6 nitrogen and oxygen atoms in total. The second kappa shape index (κ2) is 19.6. The fraction of sp³-hybridized carbons (Fsp3) is 0. The second-order valence-corrected chi connectivity index (χ2v) is 20.2. The number of hydrogen-bond acceptors (Lipinski definition) is 4. The van der Waals surface area contributed by atoms with Gasteiger partial charge in [0.2, 0.25) is 0 Å². The van der Waals surface area contributed by atoms with E-state index < -0.39 is 0 Å². The number of para-hydroxylation sites is 2. The van der Waals surface area contributed by atoms with Gasteiger partial charge in [-0.25, -0.2) is 19.9 Å². The van der Waals surface area contributed by atoms with Gasteiger partial charge in [-0.05, 0) is 82.9 Å². The van der Waals surface area contributed by atoms with E-state index in [9.17, 15) is 0 Å². The van der Waals surface area contributed by atoms with Gasteiger partial charge in [-0.3, -0.25) is 0 Å². The Bertz CT molecular complexity index is 4320. The molecule has 4 aromatic heterocycles. The molecule has 15 rings (SSSR count). The molecule has 0 saturated heterocycles. The first-order valence-corrected chi connectivity index (χ1v) is 27.0. The number of hydrogen-bond donors (Lipinski definition) is 0. The summed E-state index contributed by atoms with van der Waals surface area (Å²) in [6, 6.07) is 103. The lowest BCUT2D eigenvalue weighted by Crippen LogP contribution is -1.96. The predicted octanol–water partition coefficient (Wildman–Crippen LogP) is 18.8. The van der Waals surface area contributed by atoms with Crippen molar-refractivity contribution >= 4 is 43.6 Å². The number of benzene rings is 11. The first-order chi connectivity index (χ1) is 39.6. The molecule has 0 radical (unpaired) electrons. The molecule has 0 unspecified atom stereocenters. The van der Waals surface area contributed by atoms with Gasteiger partial charge in [-0.15, -0.1) is 0 Å². The lowest BCUT2D eigenvalue weighted by Gasteiger charge is -2.12. The van der Waals surface area contributed by atoms with Crippen LogP contribution in [0.4, 0.5) is 0 Å². The van der Waals surface area contributed by atoms with E-state index in [1.54, 1.807) is 0 Å². The van der Waals surface area contributed by atoms with Gasteiger partial charge in [-0.2, -0.15) is 0 Å². The maximum atomic E-state index is 5.06. The van der Waals surface area contributed by atoms with Gasteiger partial charge < -0.3 is 9.13 Å². The predicted molar refractivity (Wildman–Crippen MR) is 330 cm³/mol. The summed E-state index contributed by atoms with van der Waals surface area (Å²) in [5.41, 5.74) is 21.2. The molecule has 0 bridgehead atoms. The van der Waals surface area contributed by atoms with Crippen LogP contribution in [0.2, 0.25) is 0 Å². The first kappa shape index (κ1) is 46.5. The molecular formula is C74H48N6. The largest absolute Gasteiger partial charge is 0.309 e. The number of fused-ring (bicyclic) bond motifs is 7. The molecule has 6 heteroatoms. The van der Waals surface area contributed by atoms with E-state index in [0.29, 0.717) is 11.6 Å². The Morgan fingerprint density at radius 3 is 0.800 bits per heavy atom. The molecule has 0 aliphatic rings. The molecule has 11 aromatic carbocycles. The summed E-state index contributed by atoms with van der Waals surface area (Å²) in [5.74, 6) is 1.42. The lowest BCUT2D eigenvalue weighted by atomic mass is 10.0. The van der Waals surface area contributed by atoms with Crippen molar-refractivity contribution in [2.24, 2.45) is 0 Å². The summed E-state index contributed by atoms with van der Waals surface area (Å²) >= 11 is 0. The Morgan fingerprint density at radius 2 is 0.463 bits per heavy atom. The van der Waals surface area contributed by atoms with Gasteiger partial charge in [0.15, 0.2) is 11.6 Å². The first-order valence-electron chi connectivity index (χ1n) is 27.0. The van der Waals surface area contributed by atoms with Gasteiger partial charge in [-0.1, -0.05) is 231 Å². The average Bonchev–Trinajstić information content (AvgIpc) is 4.07. The van der Waals surface area contributed by atoms with Crippen LogP contribution in [0.1, 0.15) is 0 Å². The van der Waals surface area contributed by atoms with Crippen LogP contribution in [0, 0.1) is 0 Å². The van der Waals surface area contributed by atoms with Crippen molar-refractivity contribution in [3.05, 3.63) is 291 Å². The highest BCUT2D eigenvalue weighted by molar-refractivity contribution is 6.29. The Balaban J connectivity index is 0.748. The van der Waals surface area contributed by atoms with Crippen LogP contribution in [-0.4, -0.2) is 29.1 Å². The molecular weight excluding hydrogens is 973 g/mol. The van der Waals surface area contributed by atoms with E-state index in [0.717, 1.165) is 89.8 Å². The van der Waals surface area contributed by atoms with Crippen molar-refractivity contribution in [3.63, 3.8) is 0 Å². The van der Waals surface area contributed by atoms with Crippen LogP contribution in [0.5, 0.6) is 0 Å². The normalized spacial score (nSPS) is 11.5. The maximum Gasteiger partial charge on any atom is 0.160 e. The van der Waals surface area contributed by atoms with E-state index >= 15 is 0 Å². The molecule has 0 spiro atoms. The number of rotatable bonds is 10. The maximum absolute atomic E-state index is 5.06. The Labute approximate surface area is 462 Å². The summed E-state index contributed by atoms with van der Waals surface area (Å²) in [4.78, 5) is 20.1. The van der Waals surface area contributed by atoms with Crippen LogP contribution >= 0.6 is 0 Å². The van der Waals surface area contributed by atoms with E-state index in [-0.39, 0.29) is 0 Å². The Morgan fingerprint density at radius 1 is 0.200 bits per heavy atom. The third kappa shape index (κ3) is 8.31. The van der Waals surface area contributed by atoms with Crippen LogP contribution in [0.25, 0.3) is 145 Å². The van der Waals surface area contributed by atoms with E-state index in [1.165, 1.54) is 43.6 Å². The van der Waals surface area contributed by atoms with Crippen molar-refractivity contribution < 1.29 is 0 Å². The zero-order valence-corrected chi connectivity index (χ0v) is 43.4. The van der Waals surface area contributed by atoms with Gasteiger partial charge in [0.25, 0.3) is 0 Å². The molecule has 0 atom stereocenters. The van der Waals surface area contributed by atoms with Crippen molar-refractivity contribution in [1.29, 1.82) is 0 Å². The molecule has 80 heavy (non-hydrogen) atoms. The zero-order chi connectivity index (χ0) is 52.9. The summed E-state index contributed by atoms with van der Waals surface area (Å²) in [6.07, 6.45) is 0. The van der Waals surface area contributed by atoms with Gasteiger partial charge in [0.1, 0.15) is 0 Å². The summed E-state index contributed by atoms with van der Waals surface area (Å²) in [6.45, 7) is 0. The quantitative estimate of drug-likeness (QED) is 0.137. The molecule has 0 aliphatic heterocycles. The van der Waals surface area contributed by atoms with E-state index in [4.69, 9.17) is 19.9 Å². The smallest absolute Gasteiger partial charge is 0.160 e. The average molecular weight is 1020 g/mol. The minimum Gasteiger partial charge on any atom is -0.309 e. The summed E-state index contributed by atoms with van der Waals surface area (Å²) in [7, 11) is 0. The summed E-state index contributed by atoms with van der Waals surface area (Å²) < 4.78 is 4.84. The molecule has 0 fully saturated rings. The van der Waals surface area contributed by atoms with Gasteiger partial charge >= 0.3 is 0 Å². The molecule has 374 valence electrons. The fourth-order valence-electron chi connectivity index (χ4n) is 11.5. The van der Waals surface area contributed by atoms with Gasteiger partial charge in [0, 0.05) is 66.3 Å². The van der Waals surface area contributed by atoms with Crippen molar-refractivity contribution in [2.75, 3.05) is 0 Å². The highest BCUT2D eigenvalue weighted by Crippen LogP contribution is 2.43. The minimum absolute atomic E-state index is 0.708. The molecule has 0 amide bonds. The molecule has 4 heterocycles. The van der Waals surface area contributed by atoms with Crippen LogP contribution in [0.15, 0.2) is 291 Å². The van der Waals surface area contributed by atoms with Gasteiger partial charge in [0.05, 0.1) is 44.8 Å². The Hall–Kier alpha value is -10.8. The third-order valence-corrected chi connectivity index (χ3v) is 15.4. The molecule has 0 saturated carbocycles. The number of aromatic nitrogens is 6. The van der Waals surface area contributed by atoms with Crippen LogP contribution < -0.4 is 0 Å². The van der Waals surface area contributed by atoms with E-state index in [2.05, 4.69) is 228 Å². The summed E-state index contributed by atoms with van der Waals surface area (Å²) in [5, 5.41) is 4.94. The monoisotopic (exact) mass is 1020 g/mol. The molecule has 0 aliphatic carbocycles. The Kier molecular flexibility index (Phi) is 11.4. The zero-order valence-electron chi connectivity index (χ0n) is 43.4. The lowest BCUT2D eigenvalue weighted by molar-refractivity contribution is 1.17. The van der Waals surface area contributed by atoms with Crippen molar-refractivity contribution in [2.45, 2.75) is 0 Å². The highest BCUT2D eigenvalue weighted by Gasteiger charge is 2.21. The highest BCUT2D eigenvalue weighted by atomic mass is 15.0. The topological polar surface area (TPSA) is 61.4 Å². The van der Waals surface area contributed by atoms with Crippen molar-refractivity contribution in [3.8, 4) is 101 Å².